The number of aliphatic hydroxyl groups excluding tert-OH is 1. The summed E-state index contributed by atoms with van der Waals surface area (Å²) < 4.78 is 0. The molecule has 0 aromatic heterocycles. The summed E-state index contributed by atoms with van der Waals surface area (Å²) in [5.41, 5.74) is 0. The number of halogens is 1. The first-order valence-corrected chi connectivity index (χ1v) is 3.23. The third-order valence-corrected chi connectivity index (χ3v) is 1.64. The molecule has 0 aromatic rings. The van der Waals surface area contributed by atoms with Crippen LogP contribution < -0.4 is 0 Å². The van der Waals surface area contributed by atoms with E-state index in [2.05, 4.69) is 0 Å². The Hall–Kier alpha value is -0.0100. The Labute approximate surface area is 54.0 Å². The van der Waals surface area contributed by atoms with E-state index in [0.717, 1.165) is 12.8 Å². The van der Waals surface area contributed by atoms with E-state index in [1.807, 2.05) is 6.08 Å². The zero-order chi connectivity index (χ0) is 5.98. The van der Waals surface area contributed by atoms with Gasteiger partial charge in [0.05, 0.1) is 11.5 Å². The first-order valence-electron chi connectivity index (χ1n) is 2.79. The van der Waals surface area contributed by atoms with Crippen molar-refractivity contribution in [2.24, 2.45) is 0 Å². The minimum atomic E-state index is -0.245. The van der Waals surface area contributed by atoms with Crippen LogP contribution in [0.2, 0.25) is 0 Å². The highest BCUT2D eigenvalue weighted by molar-refractivity contribution is 6.21. The van der Waals surface area contributed by atoms with Crippen LogP contribution in [0.5, 0.6) is 0 Å². The van der Waals surface area contributed by atoms with Gasteiger partial charge in [-0.15, -0.1) is 11.6 Å². The quantitative estimate of drug-likeness (QED) is 0.389. The maximum atomic E-state index is 8.88. The molecule has 0 aromatic carbocycles. The monoisotopic (exact) mass is 132 g/mol. The zero-order valence-electron chi connectivity index (χ0n) is 4.55. The zero-order valence-corrected chi connectivity index (χ0v) is 5.30. The van der Waals surface area contributed by atoms with Crippen LogP contribution >= 0.6 is 11.6 Å². The molecule has 0 amide bonds. The van der Waals surface area contributed by atoms with Crippen molar-refractivity contribution >= 4 is 11.6 Å². The highest BCUT2D eigenvalue weighted by Crippen LogP contribution is 2.15. The third-order valence-electron chi connectivity index (χ3n) is 1.28. The highest BCUT2D eigenvalue weighted by Gasteiger charge is 2.09. The Kier molecular flexibility index (Phi) is 1.92. The molecule has 2 atom stereocenters. The minimum Gasteiger partial charge on any atom is -0.389 e. The van der Waals surface area contributed by atoms with Gasteiger partial charge in [0.25, 0.3) is 0 Å². The van der Waals surface area contributed by atoms with Crippen LogP contribution in [-0.4, -0.2) is 16.6 Å². The molecule has 1 aliphatic rings. The predicted octanol–water partition coefficient (Wildman–Crippen LogP) is 1.30. The molecule has 0 fully saturated rings. The van der Waals surface area contributed by atoms with Crippen molar-refractivity contribution < 1.29 is 5.11 Å². The van der Waals surface area contributed by atoms with Gasteiger partial charge in [-0.25, -0.2) is 0 Å². The molecule has 1 nitrogen and oxygen atoms in total. The fourth-order valence-corrected chi connectivity index (χ4v) is 0.981. The molecule has 0 saturated carbocycles. The Morgan fingerprint density at radius 3 is 2.50 bits per heavy atom. The van der Waals surface area contributed by atoms with Crippen molar-refractivity contribution in [2.45, 2.75) is 24.3 Å². The van der Waals surface area contributed by atoms with Gasteiger partial charge in [-0.1, -0.05) is 12.2 Å². The molecule has 0 unspecified atom stereocenters. The predicted molar refractivity (Wildman–Crippen MR) is 34.0 cm³/mol. The second kappa shape index (κ2) is 2.51. The van der Waals surface area contributed by atoms with Crippen LogP contribution in [0.4, 0.5) is 0 Å². The van der Waals surface area contributed by atoms with Crippen LogP contribution in [0.3, 0.4) is 0 Å². The van der Waals surface area contributed by atoms with Crippen molar-refractivity contribution in [3.8, 4) is 0 Å². The lowest BCUT2D eigenvalue weighted by atomic mass is 10.1. The largest absolute Gasteiger partial charge is 0.389 e. The molecule has 2 heteroatoms. The number of hydrogen-bond acceptors (Lipinski definition) is 1. The van der Waals surface area contributed by atoms with E-state index in [1.165, 1.54) is 0 Å². The molecule has 0 saturated heterocycles. The summed E-state index contributed by atoms with van der Waals surface area (Å²) in [5.74, 6) is 0. The van der Waals surface area contributed by atoms with Gasteiger partial charge in [0, 0.05) is 0 Å². The Bertz CT molecular complexity index is 88.7. The van der Waals surface area contributed by atoms with Gasteiger partial charge in [0.15, 0.2) is 0 Å². The van der Waals surface area contributed by atoms with Gasteiger partial charge in [-0.3, -0.25) is 0 Å². The maximum Gasteiger partial charge on any atom is 0.0722 e. The Balaban J connectivity index is 2.42. The molecule has 0 heterocycles. The number of hydrogen-bond donors (Lipinski definition) is 1. The van der Waals surface area contributed by atoms with Gasteiger partial charge in [0.2, 0.25) is 0 Å². The molecule has 8 heavy (non-hydrogen) atoms. The van der Waals surface area contributed by atoms with Crippen LogP contribution in [0, 0.1) is 0 Å². The van der Waals surface area contributed by atoms with Crippen LogP contribution in [0.1, 0.15) is 12.8 Å². The lowest BCUT2D eigenvalue weighted by molar-refractivity contribution is 0.205. The summed E-state index contributed by atoms with van der Waals surface area (Å²) in [5, 5.41) is 9.03. The van der Waals surface area contributed by atoms with E-state index in [4.69, 9.17) is 16.7 Å². The highest BCUT2D eigenvalue weighted by atomic mass is 35.5. The third kappa shape index (κ3) is 1.49. The van der Waals surface area contributed by atoms with Gasteiger partial charge >= 0.3 is 0 Å². The molecule has 46 valence electrons. The molecular formula is C6H9ClO. The van der Waals surface area contributed by atoms with E-state index >= 15 is 0 Å². The van der Waals surface area contributed by atoms with Crippen molar-refractivity contribution in [1.82, 2.24) is 0 Å². The molecule has 1 rings (SSSR count). The molecule has 0 aliphatic heterocycles. The Morgan fingerprint density at radius 2 is 2.12 bits per heavy atom. The standard InChI is InChI=1S/C6H9ClO/c7-5-1-3-6(8)4-2-5/h1,3,5-6,8H,2,4H2/t5-,6+/m0/s1. The van der Waals surface area contributed by atoms with Gasteiger partial charge in [-0.05, 0) is 12.8 Å². The number of rotatable bonds is 0. The topological polar surface area (TPSA) is 20.2 Å². The average Bonchev–Trinajstić information content (AvgIpc) is 1.77. The summed E-state index contributed by atoms with van der Waals surface area (Å²) in [6.07, 6.45) is 5.06. The molecule has 0 radical (unpaired) electrons. The summed E-state index contributed by atoms with van der Waals surface area (Å²) >= 11 is 5.68. The molecule has 0 spiro atoms. The smallest absolute Gasteiger partial charge is 0.0722 e. The first-order chi connectivity index (χ1) is 3.79. The van der Waals surface area contributed by atoms with Crippen LogP contribution in [0.15, 0.2) is 12.2 Å². The van der Waals surface area contributed by atoms with Gasteiger partial charge in [0.1, 0.15) is 0 Å². The van der Waals surface area contributed by atoms with Crippen molar-refractivity contribution in [3.63, 3.8) is 0 Å². The Morgan fingerprint density at radius 1 is 1.38 bits per heavy atom. The normalized spacial score (nSPS) is 37.8. The average molecular weight is 133 g/mol. The number of allylic oxidation sites excluding steroid dienone is 1. The van der Waals surface area contributed by atoms with Crippen LogP contribution in [0.25, 0.3) is 0 Å². The molecule has 0 bridgehead atoms. The summed E-state index contributed by atoms with van der Waals surface area (Å²) in [7, 11) is 0. The van der Waals surface area contributed by atoms with Gasteiger partial charge < -0.3 is 5.11 Å². The second-order valence-corrected chi connectivity index (χ2v) is 2.61. The SMILES string of the molecule is O[C@@H]1C=C[C@H](Cl)CC1. The van der Waals surface area contributed by atoms with Crippen molar-refractivity contribution in [1.29, 1.82) is 0 Å². The molecular weight excluding hydrogens is 124 g/mol. The fraction of sp³-hybridized carbons (Fsp3) is 0.667. The lowest BCUT2D eigenvalue weighted by Gasteiger charge is -2.12. The lowest BCUT2D eigenvalue weighted by Crippen LogP contribution is -2.11. The van der Waals surface area contributed by atoms with Gasteiger partial charge in [-0.2, -0.15) is 0 Å². The van der Waals surface area contributed by atoms with Crippen molar-refractivity contribution in [3.05, 3.63) is 12.2 Å². The fourth-order valence-electron chi connectivity index (χ4n) is 0.771. The van der Waals surface area contributed by atoms with Crippen molar-refractivity contribution in [2.75, 3.05) is 0 Å². The second-order valence-electron chi connectivity index (χ2n) is 2.05. The van der Waals surface area contributed by atoms with E-state index in [0.29, 0.717) is 0 Å². The summed E-state index contributed by atoms with van der Waals surface area (Å²) in [4.78, 5) is 0. The first kappa shape index (κ1) is 6.12. The summed E-state index contributed by atoms with van der Waals surface area (Å²) in [6, 6.07) is 0. The minimum absolute atomic E-state index is 0.151. The van der Waals surface area contributed by atoms with E-state index < -0.39 is 0 Å². The number of aliphatic hydroxyl groups is 1. The number of alkyl halides is 1. The van der Waals surface area contributed by atoms with Crippen LogP contribution in [-0.2, 0) is 0 Å². The van der Waals surface area contributed by atoms with E-state index in [1.54, 1.807) is 6.08 Å². The molecule has 1 N–H and O–H groups in total. The van der Waals surface area contributed by atoms with E-state index in [9.17, 15) is 0 Å². The van der Waals surface area contributed by atoms with E-state index in [-0.39, 0.29) is 11.5 Å². The summed E-state index contributed by atoms with van der Waals surface area (Å²) in [6.45, 7) is 0. The molecule has 1 aliphatic carbocycles. The maximum absolute atomic E-state index is 8.88.